The topological polar surface area (TPSA) is 60.9 Å². The summed E-state index contributed by atoms with van der Waals surface area (Å²) in [5.41, 5.74) is 2.07. The fourth-order valence-corrected chi connectivity index (χ4v) is 4.08. The average molecular weight is 385 g/mol. The van der Waals surface area contributed by atoms with Gasteiger partial charge in [0.25, 0.3) is 5.91 Å². The quantitative estimate of drug-likeness (QED) is 0.741. The van der Waals surface area contributed by atoms with Gasteiger partial charge in [-0.1, -0.05) is 35.9 Å². The van der Waals surface area contributed by atoms with Crippen molar-refractivity contribution in [2.24, 2.45) is 0 Å². The molecule has 0 spiro atoms. The second-order valence-electron chi connectivity index (χ2n) is 7.04. The molecule has 1 aliphatic heterocycles. The normalized spacial score (nSPS) is 17.3. The fraction of sp³-hybridized carbons (Fsp3) is 0.333. The number of aliphatic hydroxyl groups is 1. The predicted octanol–water partition coefficient (Wildman–Crippen LogP) is 3.59. The predicted molar refractivity (Wildman–Crippen MR) is 107 cm³/mol. The van der Waals surface area contributed by atoms with Crippen LogP contribution in [0.2, 0.25) is 0 Å². The Labute approximate surface area is 163 Å². The Balaban J connectivity index is 2.00. The highest BCUT2D eigenvalue weighted by Crippen LogP contribution is 2.39. The number of amides is 1. The summed E-state index contributed by atoms with van der Waals surface area (Å²) in [6.07, 6.45) is 0.759. The number of aliphatic hydroxyl groups excluding tert-OH is 1. The van der Waals surface area contributed by atoms with Crippen molar-refractivity contribution in [1.29, 1.82) is 0 Å². The minimum atomic E-state index is -0.561. The van der Waals surface area contributed by atoms with Gasteiger partial charge in [0.2, 0.25) is 5.78 Å². The Morgan fingerprint density at radius 3 is 2.67 bits per heavy atom. The molecular formula is C21H24N2O3S. The lowest BCUT2D eigenvalue weighted by atomic mass is 9.94. The first kappa shape index (κ1) is 19.3. The molecule has 5 nitrogen and oxygen atoms in total. The molecule has 142 valence electrons. The molecule has 1 aliphatic rings. The molecule has 27 heavy (non-hydrogen) atoms. The van der Waals surface area contributed by atoms with Gasteiger partial charge in [0.05, 0.1) is 16.5 Å². The zero-order valence-corrected chi connectivity index (χ0v) is 16.6. The summed E-state index contributed by atoms with van der Waals surface area (Å²) >= 11 is 1.31. The first-order chi connectivity index (χ1) is 12.9. The van der Waals surface area contributed by atoms with Crippen LogP contribution in [-0.4, -0.2) is 53.8 Å². The largest absolute Gasteiger partial charge is 0.503 e. The van der Waals surface area contributed by atoms with Gasteiger partial charge < -0.3 is 14.9 Å². The van der Waals surface area contributed by atoms with Crippen LogP contribution in [0, 0.1) is 6.92 Å². The van der Waals surface area contributed by atoms with Crippen LogP contribution in [-0.2, 0) is 4.79 Å². The van der Waals surface area contributed by atoms with Crippen molar-refractivity contribution in [3.05, 3.63) is 69.1 Å². The highest BCUT2D eigenvalue weighted by molar-refractivity contribution is 7.12. The fourth-order valence-electron chi connectivity index (χ4n) is 3.40. The van der Waals surface area contributed by atoms with E-state index in [4.69, 9.17) is 0 Å². The molecule has 1 aromatic heterocycles. The highest BCUT2D eigenvalue weighted by atomic mass is 32.1. The molecule has 1 unspecified atom stereocenters. The maximum atomic E-state index is 13.1. The van der Waals surface area contributed by atoms with Crippen LogP contribution < -0.4 is 0 Å². The summed E-state index contributed by atoms with van der Waals surface area (Å²) in [6, 6.07) is 10.7. The second kappa shape index (κ2) is 8.06. The maximum absolute atomic E-state index is 13.1. The number of rotatable bonds is 7. The first-order valence-corrected chi connectivity index (χ1v) is 9.81. The monoisotopic (exact) mass is 384 g/mol. The Morgan fingerprint density at radius 1 is 1.26 bits per heavy atom. The number of hydrogen-bond donors (Lipinski definition) is 1. The van der Waals surface area contributed by atoms with Gasteiger partial charge in [0.15, 0.2) is 5.76 Å². The van der Waals surface area contributed by atoms with Crippen LogP contribution in [0.1, 0.15) is 33.3 Å². The Morgan fingerprint density at radius 2 is 2.04 bits per heavy atom. The Hall–Kier alpha value is -2.44. The molecule has 0 saturated heterocycles. The first-order valence-electron chi connectivity index (χ1n) is 8.93. The van der Waals surface area contributed by atoms with E-state index in [1.165, 1.54) is 11.3 Å². The van der Waals surface area contributed by atoms with Gasteiger partial charge in [-0.05, 0) is 51.0 Å². The van der Waals surface area contributed by atoms with Gasteiger partial charge in [-0.3, -0.25) is 9.59 Å². The number of Topliss-reactive ketones (excluding diaryl/α,β-unsaturated/α-hetero) is 1. The molecule has 1 aromatic carbocycles. The molecule has 3 rings (SSSR count). The van der Waals surface area contributed by atoms with Gasteiger partial charge in [-0.25, -0.2) is 0 Å². The van der Waals surface area contributed by atoms with Crippen LogP contribution >= 0.6 is 11.3 Å². The lowest BCUT2D eigenvalue weighted by molar-refractivity contribution is -0.129. The lowest BCUT2D eigenvalue weighted by Crippen LogP contribution is -2.33. The van der Waals surface area contributed by atoms with Gasteiger partial charge in [0.1, 0.15) is 0 Å². The van der Waals surface area contributed by atoms with Crippen LogP contribution in [0.5, 0.6) is 0 Å². The van der Waals surface area contributed by atoms with E-state index in [1.54, 1.807) is 17.0 Å². The summed E-state index contributed by atoms with van der Waals surface area (Å²) in [6.45, 7) is 3.27. The van der Waals surface area contributed by atoms with Crippen molar-refractivity contribution in [2.45, 2.75) is 19.4 Å². The average Bonchev–Trinajstić information content (AvgIpc) is 3.24. The Kier molecular flexibility index (Phi) is 5.77. The van der Waals surface area contributed by atoms with Gasteiger partial charge in [0, 0.05) is 6.54 Å². The van der Waals surface area contributed by atoms with Crippen LogP contribution in [0.3, 0.4) is 0 Å². The maximum Gasteiger partial charge on any atom is 0.290 e. The number of nitrogens with zero attached hydrogens (tertiary/aromatic N) is 2. The lowest BCUT2D eigenvalue weighted by Gasteiger charge is -2.27. The van der Waals surface area contributed by atoms with Crippen LogP contribution in [0.4, 0.5) is 0 Å². The molecule has 1 amide bonds. The minimum absolute atomic E-state index is 0.179. The number of thiophene rings is 1. The smallest absolute Gasteiger partial charge is 0.290 e. The molecule has 2 heterocycles. The molecule has 0 radical (unpaired) electrons. The molecule has 2 aromatic rings. The Bertz CT molecular complexity index is 871. The van der Waals surface area contributed by atoms with E-state index in [1.807, 2.05) is 55.6 Å². The van der Waals surface area contributed by atoms with Gasteiger partial charge in [-0.2, -0.15) is 0 Å². The van der Waals surface area contributed by atoms with Gasteiger partial charge in [-0.15, -0.1) is 11.3 Å². The molecule has 0 aliphatic carbocycles. The molecular weight excluding hydrogens is 360 g/mol. The SMILES string of the molecule is Cc1cccc(C2C(C(=O)c3cccs3)=C(O)C(=O)N2CCCN(C)C)c1. The van der Waals surface area contributed by atoms with Gasteiger partial charge >= 0.3 is 0 Å². The van der Waals surface area contributed by atoms with Crippen molar-refractivity contribution in [1.82, 2.24) is 9.80 Å². The molecule has 0 saturated carbocycles. The van der Waals surface area contributed by atoms with E-state index in [9.17, 15) is 14.7 Å². The molecule has 1 N–H and O–H groups in total. The van der Waals surface area contributed by atoms with Crippen molar-refractivity contribution in [2.75, 3.05) is 27.2 Å². The van der Waals surface area contributed by atoms with E-state index >= 15 is 0 Å². The van der Waals surface area contributed by atoms with E-state index in [0.29, 0.717) is 11.4 Å². The summed E-state index contributed by atoms with van der Waals surface area (Å²) < 4.78 is 0. The number of hydrogen-bond acceptors (Lipinski definition) is 5. The third kappa shape index (κ3) is 3.96. The minimum Gasteiger partial charge on any atom is -0.503 e. The van der Waals surface area contributed by atoms with Crippen LogP contribution in [0.25, 0.3) is 0 Å². The third-order valence-electron chi connectivity index (χ3n) is 4.66. The van der Waals surface area contributed by atoms with E-state index in [-0.39, 0.29) is 11.4 Å². The van der Waals surface area contributed by atoms with Crippen molar-refractivity contribution in [3.8, 4) is 0 Å². The number of benzene rings is 1. The highest BCUT2D eigenvalue weighted by Gasteiger charge is 2.43. The van der Waals surface area contributed by atoms with E-state index in [2.05, 4.69) is 0 Å². The third-order valence-corrected chi connectivity index (χ3v) is 5.52. The second-order valence-corrected chi connectivity index (χ2v) is 7.99. The number of aryl methyl sites for hydroxylation is 1. The summed E-state index contributed by atoms with van der Waals surface area (Å²) in [7, 11) is 3.95. The summed E-state index contributed by atoms with van der Waals surface area (Å²) in [4.78, 5) is 30.0. The van der Waals surface area contributed by atoms with E-state index in [0.717, 1.165) is 24.1 Å². The van der Waals surface area contributed by atoms with Crippen molar-refractivity contribution >= 4 is 23.0 Å². The number of ketones is 1. The molecule has 0 fully saturated rings. The van der Waals surface area contributed by atoms with Crippen molar-refractivity contribution in [3.63, 3.8) is 0 Å². The number of carbonyl (C=O) groups is 2. The van der Waals surface area contributed by atoms with E-state index < -0.39 is 17.7 Å². The molecule has 0 bridgehead atoms. The van der Waals surface area contributed by atoms with Crippen molar-refractivity contribution < 1.29 is 14.7 Å². The number of carbonyl (C=O) groups excluding carboxylic acids is 2. The van der Waals surface area contributed by atoms with Crippen LogP contribution in [0.15, 0.2) is 53.1 Å². The standard InChI is InChI=1S/C21H24N2O3S/c1-14-7-4-8-15(13-14)18-17(19(24)16-9-5-12-27-16)20(25)21(26)23(18)11-6-10-22(2)3/h4-5,7-9,12-13,18,25H,6,10-11H2,1-3H3. The summed E-state index contributed by atoms with van der Waals surface area (Å²) in [5.74, 6) is -1.18. The zero-order valence-electron chi connectivity index (χ0n) is 15.8. The molecule has 1 atom stereocenters. The zero-order chi connectivity index (χ0) is 19.6. The molecule has 6 heteroatoms. The summed E-state index contributed by atoms with van der Waals surface area (Å²) in [5, 5.41) is 12.4.